The molecule has 0 aliphatic carbocycles. The largest absolute Gasteiger partial charge is 0.399 e. The highest BCUT2D eigenvalue weighted by atomic mass is 15.2. The molecule has 0 unspecified atom stereocenters. The number of anilines is 1. The van der Waals surface area contributed by atoms with Gasteiger partial charge in [0.2, 0.25) is 0 Å². The topological polar surface area (TPSA) is 32.5 Å². The summed E-state index contributed by atoms with van der Waals surface area (Å²) < 4.78 is 0. The maximum absolute atomic E-state index is 6.00. The van der Waals surface area contributed by atoms with Gasteiger partial charge in [0.25, 0.3) is 0 Å². The normalized spacial score (nSPS) is 11.8. The molecular formula is C17H31N3. The lowest BCUT2D eigenvalue weighted by atomic mass is 10.1. The zero-order chi connectivity index (χ0) is 15.0. The maximum Gasteiger partial charge on any atom is 0.0346 e. The number of nitrogens with zero attached hydrogens (tertiary/aromatic N) is 2. The molecule has 20 heavy (non-hydrogen) atoms. The van der Waals surface area contributed by atoms with E-state index in [4.69, 9.17) is 5.73 Å². The van der Waals surface area contributed by atoms with Crippen molar-refractivity contribution >= 4 is 5.69 Å². The fourth-order valence-corrected chi connectivity index (χ4v) is 2.41. The van der Waals surface area contributed by atoms with Crippen molar-refractivity contribution in [1.82, 2.24) is 9.80 Å². The zero-order valence-electron chi connectivity index (χ0n) is 13.6. The van der Waals surface area contributed by atoms with Gasteiger partial charge in [-0.05, 0) is 51.0 Å². The minimum Gasteiger partial charge on any atom is -0.399 e. The van der Waals surface area contributed by atoms with Crippen molar-refractivity contribution in [2.45, 2.75) is 26.7 Å². The lowest BCUT2D eigenvalue weighted by Crippen LogP contribution is -2.35. The van der Waals surface area contributed by atoms with Crippen LogP contribution in [0.1, 0.15) is 25.8 Å². The fraction of sp³-hybridized carbons (Fsp3) is 0.647. The third kappa shape index (κ3) is 6.92. The van der Waals surface area contributed by atoms with E-state index in [0.29, 0.717) is 0 Å². The molecule has 1 rings (SSSR count). The third-order valence-electron chi connectivity index (χ3n) is 3.46. The highest BCUT2D eigenvalue weighted by Crippen LogP contribution is 2.13. The Balaban J connectivity index is 2.39. The Morgan fingerprint density at radius 1 is 1.05 bits per heavy atom. The number of para-hydroxylation sites is 1. The quantitative estimate of drug-likeness (QED) is 0.704. The first-order valence-electron chi connectivity index (χ1n) is 7.69. The molecule has 0 aromatic heterocycles. The number of rotatable bonds is 9. The number of benzene rings is 1. The Labute approximate surface area is 124 Å². The van der Waals surface area contributed by atoms with Crippen LogP contribution in [0.2, 0.25) is 0 Å². The van der Waals surface area contributed by atoms with Crippen molar-refractivity contribution in [1.29, 1.82) is 0 Å². The van der Waals surface area contributed by atoms with Crippen molar-refractivity contribution in [2.24, 2.45) is 5.92 Å². The van der Waals surface area contributed by atoms with E-state index in [0.717, 1.165) is 37.7 Å². The lowest BCUT2D eigenvalue weighted by Gasteiger charge is -2.25. The third-order valence-corrected chi connectivity index (χ3v) is 3.46. The minimum atomic E-state index is 0.721. The molecule has 0 saturated carbocycles. The van der Waals surface area contributed by atoms with Gasteiger partial charge < -0.3 is 15.5 Å². The van der Waals surface area contributed by atoms with Gasteiger partial charge in [-0.15, -0.1) is 0 Å². The second kappa shape index (κ2) is 8.98. The van der Waals surface area contributed by atoms with Crippen molar-refractivity contribution < 1.29 is 0 Å². The molecule has 0 fully saturated rings. The van der Waals surface area contributed by atoms with Crippen LogP contribution >= 0.6 is 0 Å². The van der Waals surface area contributed by atoms with Crippen LogP contribution in [0.4, 0.5) is 5.69 Å². The van der Waals surface area contributed by atoms with E-state index < -0.39 is 0 Å². The van der Waals surface area contributed by atoms with Gasteiger partial charge in [-0.2, -0.15) is 0 Å². The number of nitrogens with two attached hydrogens (primary N) is 1. The summed E-state index contributed by atoms with van der Waals surface area (Å²) >= 11 is 0. The molecule has 0 amide bonds. The molecule has 0 atom stereocenters. The number of hydrogen-bond acceptors (Lipinski definition) is 3. The van der Waals surface area contributed by atoms with E-state index in [9.17, 15) is 0 Å². The van der Waals surface area contributed by atoms with Gasteiger partial charge in [-0.3, -0.25) is 0 Å². The summed E-state index contributed by atoms with van der Waals surface area (Å²) in [6.45, 7) is 9.18. The Morgan fingerprint density at radius 2 is 1.75 bits per heavy atom. The van der Waals surface area contributed by atoms with Gasteiger partial charge in [0.1, 0.15) is 0 Å². The first-order valence-corrected chi connectivity index (χ1v) is 7.69. The summed E-state index contributed by atoms with van der Waals surface area (Å²) in [5.74, 6) is 0.721. The lowest BCUT2D eigenvalue weighted by molar-refractivity contribution is 0.217. The number of hydrogen-bond donors (Lipinski definition) is 1. The summed E-state index contributed by atoms with van der Waals surface area (Å²) in [5, 5.41) is 0. The van der Waals surface area contributed by atoms with Crippen LogP contribution in [0.25, 0.3) is 0 Å². The van der Waals surface area contributed by atoms with E-state index in [1.165, 1.54) is 18.5 Å². The van der Waals surface area contributed by atoms with Gasteiger partial charge in [0.05, 0.1) is 0 Å². The van der Waals surface area contributed by atoms with Crippen LogP contribution < -0.4 is 5.73 Å². The average Bonchev–Trinajstić information content (AvgIpc) is 2.37. The first kappa shape index (κ1) is 17.0. The fourth-order valence-electron chi connectivity index (χ4n) is 2.41. The first-order chi connectivity index (χ1) is 9.49. The molecule has 0 radical (unpaired) electrons. The second-order valence-electron chi connectivity index (χ2n) is 6.30. The van der Waals surface area contributed by atoms with E-state index >= 15 is 0 Å². The standard InChI is InChI=1S/C17H31N3/c1-15(2)14-20(13-12-19(3)4)11-7-9-16-8-5-6-10-17(16)18/h5-6,8,10,15H,7,9,11-14,18H2,1-4H3. The summed E-state index contributed by atoms with van der Waals surface area (Å²) in [4.78, 5) is 4.83. The average molecular weight is 277 g/mol. The summed E-state index contributed by atoms with van der Waals surface area (Å²) in [6.07, 6.45) is 2.25. The Bertz CT molecular complexity index is 374. The van der Waals surface area contributed by atoms with Crippen LogP contribution in [-0.4, -0.2) is 50.1 Å². The molecule has 0 bridgehead atoms. The molecule has 3 nitrogen and oxygen atoms in total. The molecule has 0 saturated heterocycles. The summed E-state index contributed by atoms with van der Waals surface area (Å²) in [6, 6.07) is 8.21. The maximum atomic E-state index is 6.00. The predicted octanol–water partition coefficient (Wildman–Crippen LogP) is 2.72. The smallest absolute Gasteiger partial charge is 0.0346 e. The van der Waals surface area contributed by atoms with E-state index in [1.54, 1.807) is 0 Å². The number of aryl methyl sites for hydroxylation is 1. The van der Waals surface area contributed by atoms with E-state index in [2.05, 4.69) is 49.9 Å². The SMILES string of the molecule is CC(C)CN(CCCc1ccccc1N)CCN(C)C. The van der Waals surface area contributed by atoms with Gasteiger partial charge >= 0.3 is 0 Å². The van der Waals surface area contributed by atoms with Crippen LogP contribution in [-0.2, 0) is 6.42 Å². The van der Waals surface area contributed by atoms with Gasteiger partial charge in [0, 0.05) is 25.3 Å². The highest BCUT2D eigenvalue weighted by Gasteiger charge is 2.08. The molecule has 114 valence electrons. The molecule has 0 aliphatic heterocycles. The molecular weight excluding hydrogens is 246 g/mol. The van der Waals surface area contributed by atoms with Gasteiger partial charge in [-0.25, -0.2) is 0 Å². The van der Waals surface area contributed by atoms with Crippen LogP contribution in [0.15, 0.2) is 24.3 Å². The number of nitrogen functional groups attached to an aromatic ring is 1. The Kier molecular flexibility index (Phi) is 7.63. The van der Waals surface area contributed by atoms with Gasteiger partial charge in [-0.1, -0.05) is 32.0 Å². The predicted molar refractivity (Wildman–Crippen MR) is 89.0 cm³/mol. The van der Waals surface area contributed by atoms with Crippen molar-refractivity contribution in [3.63, 3.8) is 0 Å². The Morgan fingerprint density at radius 3 is 2.35 bits per heavy atom. The number of likely N-dealkylation sites (N-methyl/N-ethyl adjacent to an activating group) is 1. The molecule has 1 aromatic carbocycles. The molecule has 3 heteroatoms. The molecule has 0 aliphatic rings. The van der Waals surface area contributed by atoms with E-state index in [-0.39, 0.29) is 0 Å². The summed E-state index contributed by atoms with van der Waals surface area (Å²) in [5.41, 5.74) is 8.21. The minimum absolute atomic E-state index is 0.721. The zero-order valence-corrected chi connectivity index (χ0v) is 13.6. The second-order valence-corrected chi connectivity index (χ2v) is 6.30. The van der Waals surface area contributed by atoms with Crippen LogP contribution in [0, 0.1) is 5.92 Å². The molecule has 1 aromatic rings. The molecule has 2 N–H and O–H groups in total. The molecule has 0 spiro atoms. The van der Waals surface area contributed by atoms with Gasteiger partial charge in [0.15, 0.2) is 0 Å². The highest BCUT2D eigenvalue weighted by molar-refractivity contribution is 5.46. The van der Waals surface area contributed by atoms with Crippen molar-refractivity contribution in [2.75, 3.05) is 46.0 Å². The van der Waals surface area contributed by atoms with Crippen LogP contribution in [0.3, 0.4) is 0 Å². The van der Waals surface area contributed by atoms with Crippen LogP contribution in [0.5, 0.6) is 0 Å². The van der Waals surface area contributed by atoms with Crippen molar-refractivity contribution in [3.8, 4) is 0 Å². The van der Waals surface area contributed by atoms with E-state index in [1.807, 2.05) is 12.1 Å². The van der Waals surface area contributed by atoms with Crippen molar-refractivity contribution in [3.05, 3.63) is 29.8 Å². The molecule has 0 heterocycles. The monoisotopic (exact) mass is 277 g/mol. The Hall–Kier alpha value is -1.06. The summed E-state index contributed by atoms with van der Waals surface area (Å²) in [7, 11) is 4.27.